The number of hydrogen-bond acceptors (Lipinski definition) is 15. The van der Waals surface area contributed by atoms with E-state index in [4.69, 9.17) is 52.1 Å². The lowest BCUT2D eigenvalue weighted by molar-refractivity contribution is -0.380. The van der Waals surface area contributed by atoms with Crippen molar-refractivity contribution in [1.82, 2.24) is 5.32 Å². The van der Waals surface area contributed by atoms with Crippen molar-refractivity contribution >= 4 is 5.91 Å². The highest BCUT2D eigenvalue weighted by atomic mass is 16.8. The van der Waals surface area contributed by atoms with Gasteiger partial charge in [-0.25, -0.2) is 0 Å². The van der Waals surface area contributed by atoms with E-state index >= 15 is 0 Å². The third kappa shape index (κ3) is 15.7. The van der Waals surface area contributed by atoms with Crippen LogP contribution in [0, 0.1) is 0 Å². The molecule has 0 aromatic heterocycles. The topological polar surface area (TPSA) is 191 Å². The van der Waals surface area contributed by atoms with Crippen molar-refractivity contribution in [3.8, 4) is 0 Å². The van der Waals surface area contributed by atoms with Crippen LogP contribution in [-0.4, -0.2) is 126 Å². The Hall–Kier alpha value is -5.77. The summed E-state index contributed by atoms with van der Waals surface area (Å²) in [5, 5.41) is 37.6. The first-order valence-electron chi connectivity index (χ1n) is 26.6. The second kappa shape index (κ2) is 28.9. The second-order valence-electron chi connectivity index (χ2n) is 19.8. The molecular formula is C62H71NO15. The molecule has 9 rings (SSSR count). The molecule has 3 saturated heterocycles. The molecule has 0 spiro atoms. The van der Waals surface area contributed by atoms with Gasteiger partial charge in [0.05, 0.1) is 59.0 Å². The molecule has 0 aliphatic carbocycles. The van der Waals surface area contributed by atoms with Crippen LogP contribution in [0.5, 0.6) is 0 Å². The van der Waals surface area contributed by atoms with Crippen LogP contribution in [-0.2, 0) is 96.5 Å². The van der Waals surface area contributed by atoms with Gasteiger partial charge in [0.1, 0.15) is 67.1 Å². The third-order valence-corrected chi connectivity index (χ3v) is 13.9. The summed E-state index contributed by atoms with van der Waals surface area (Å²) in [4.78, 5) is 13.6. The molecule has 0 radical (unpaired) electrons. The van der Waals surface area contributed by atoms with Crippen molar-refractivity contribution < 1.29 is 72.2 Å². The van der Waals surface area contributed by atoms with Gasteiger partial charge < -0.3 is 72.7 Å². The monoisotopic (exact) mass is 1070 g/mol. The molecule has 3 fully saturated rings. The van der Waals surface area contributed by atoms with Crippen molar-refractivity contribution in [1.29, 1.82) is 0 Å². The van der Waals surface area contributed by atoms with Crippen LogP contribution in [0.2, 0.25) is 0 Å². The van der Waals surface area contributed by atoms with Crippen LogP contribution in [0.25, 0.3) is 0 Å². The number of amides is 1. The van der Waals surface area contributed by atoms with E-state index in [9.17, 15) is 20.1 Å². The molecule has 0 saturated carbocycles. The number of aliphatic hydroxyl groups is 3. The van der Waals surface area contributed by atoms with Crippen LogP contribution in [0.3, 0.4) is 0 Å². The van der Waals surface area contributed by atoms with Crippen LogP contribution in [0.4, 0.5) is 0 Å². The quantitative estimate of drug-likeness (QED) is 0.0461. The molecule has 16 nitrogen and oxygen atoms in total. The van der Waals surface area contributed by atoms with Crippen molar-refractivity contribution in [3.63, 3.8) is 0 Å². The van der Waals surface area contributed by atoms with Gasteiger partial charge in [0, 0.05) is 6.92 Å². The van der Waals surface area contributed by atoms with Gasteiger partial charge in [-0.1, -0.05) is 182 Å². The summed E-state index contributed by atoms with van der Waals surface area (Å²) in [5.74, 6) is -0.445. The highest BCUT2D eigenvalue weighted by molar-refractivity contribution is 5.73. The van der Waals surface area contributed by atoms with Crippen LogP contribution < -0.4 is 5.32 Å². The van der Waals surface area contributed by atoms with E-state index in [1.165, 1.54) is 6.92 Å². The summed E-state index contributed by atoms with van der Waals surface area (Å²) in [5.41, 5.74) is 5.35. The first kappa shape index (κ1) is 56.9. The maximum absolute atomic E-state index is 13.6. The van der Waals surface area contributed by atoms with Crippen LogP contribution in [0.15, 0.2) is 182 Å². The number of ether oxygens (including phenoxy) is 11. The summed E-state index contributed by atoms with van der Waals surface area (Å²) in [6.45, 7) is 3.97. The Morgan fingerprint density at radius 1 is 0.410 bits per heavy atom. The van der Waals surface area contributed by atoms with Gasteiger partial charge in [0.2, 0.25) is 5.91 Å². The largest absolute Gasteiger partial charge is 0.387 e. The molecule has 6 aromatic rings. The lowest BCUT2D eigenvalue weighted by Gasteiger charge is -2.51. The molecule has 3 heterocycles. The zero-order valence-electron chi connectivity index (χ0n) is 43.9. The van der Waals surface area contributed by atoms with E-state index in [0.717, 1.165) is 33.4 Å². The molecule has 15 atom stereocenters. The molecule has 0 bridgehead atoms. The summed E-state index contributed by atoms with van der Waals surface area (Å²) in [6.07, 6.45) is -17.2. The summed E-state index contributed by atoms with van der Waals surface area (Å²) in [6, 6.07) is 56.7. The van der Waals surface area contributed by atoms with Gasteiger partial charge in [-0.2, -0.15) is 0 Å². The van der Waals surface area contributed by atoms with E-state index in [1.54, 1.807) is 0 Å². The average Bonchev–Trinajstić information content (AvgIpc) is 3.59. The fraction of sp³-hybridized carbons (Fsp3) is 0.403. The molecule has 78 heavy (non-hydrogen) atoms. The summed E-state index contributed by atoms with van der Waals surface area (Å²) in [7, 11) is 0. The second-order valence-corrected chi connectivity index (χ2v) is 19.8. The Balaban J connectivity index is 1.10. The number of benzene rings is 6. The average molecular weight is 1070 g/mol. The van der Waals surface area contributed by atoms with Gasteiger partial charge in [-0.3, -0.25) is 4.79 Å². The van der Waals surface area contributed by atoms with Gasteiger partial charge >= 0.3 is 0 Å². The number of carbonyl (C=O) groups is 1. The van der Waals surface area contributed by atoms with Gasteiger partial charge in [-0.15, -0.1) is 0 Å². The summed E-state index contributed by atoms with van der Waals surface area (Å²) >= 11 is 0. The molecule has 1 amide bonds. The Bertz CT molecular complexity index is 2650. The van der Waals surface area contributed by atoms with Gasteiger partial charge in [0.25, 0.3) is 0 Å². The van der Waals surface area contributed by atoms with Crippen molar-refractivity contribution in [3.05, 3.63) is 215 Å². The molecule has 414 valence electrons. The first-order chi connectivity index (χ1) is 38.2. The predicted molar refractivity (Wildman–Crippen MR) is 286 cm³/mol. The standard InChI is InChI=1S/C62H71NO15/c1-41-55(70-35-45-25-13-5-14-26-45)58(71-36-46-27-15-6-16-28-46)59(72-37-47-29-17-7-18-30-47)62(74-41)78-57-51(63-42(2)64)60(73-38-48-31-19-8-20-32-48)76-50(40-69-34-44-23-11-4-12-24-44)56(57)77-61-54(67)53(66)52(65)49(75-61)39-68-33-43-21-9-3-10-22-43/h3-32,41,49-62,65-67H,33-40H2,1-2H3,(H,63,64)/t41-,49+,50+,51+,52-,53-,54+,55+,56+,57+,58+,59-,60-,61+,62-/m0/s1. The number of carbonyl (C=O) groups excluding carboxylic acids is 1. The Morgan fingerprint density at radius 3 is 1.26 bits per heavy atom. The molecule has 4 N–H and O–H groups in total. The van der Waals surface area contributed by atoms with E-state index in [0.29, 0.717) is 0 Å². The minimum absolute atomic E-state index is 0.0756. The maximum atomic E-state index is 13.6. The minimum Gasteiger partial charge on any atom is -0.387 e. The predicted octanol–water partition coefficient (Wildman–Crippen LogP) is 6.95. The van der Waals surface area contributed by atoms with E-state index in [-0.39, 0.29) is 52.9 Å². The Labute approximate surface area is 456 Å². The molecule has 3 aliphatic heterocycles. The number of rotatable bonds is 25. The van der Waals surface area contributed by atoms with Gasteiger partial charge in [0.15, 0.2) is 18.9 Å². The minimum atomic E-state index is -1.78. The smallest absolute Gasteiger partial charge is 0.217 e. The fourth-order valence-electron chi connectivity index (χ4n) is 9.84. The van der Waals surface area contributed by atoms with Crippen LogP contribution >= 0.6 is 0 Å². The Kier molecular flexibility index (Phi) is 21.1. The number of nitrogens with one attached hydrogen (secondary N) is 1. The van der Waals surface area contributed by atoms with Gasteiger partial charge in [-0.05, 0) is 40.3 Å². The van der Waals surface area contributed by atoms with E-state index < -0.39 is 98.0 Å². The highest BCUT2D eigenvalue weighted by Crippen LogP contribution is 2.37. The third-order valence-electron chi connectivity index (χ3n) is 13.9. The summed E-state index contributed by atoms with van der Waals surface area (Å²) < 4.78 is 74.1. The lowest BCUT2D eigenvalue weighted by atomic mass is 9.94. The first-order valence-corrected chi connectivity index (χ1v) is 26.6. The lowest BCUT2D eigenvalue weighted by Crippen LogP contribution is -2.70. The Morgan fingerprint density at radius 2 is 0.795 bits per heavy atom. The maximum Gasteiger partial charge on any atom is 0.217 e. The van der Waals surface area contributed by atoms with E-state index in [2.05, 4.69) is 5.32 Å². The SMILES string of the molecule is CC(=O)N[C@H]1[C@@H](OCc2ccccc2)O[C@H](COCc2ccccc2)[C@@H](O[C@H]2O[C@H](COCc3ccccc3)[C@H](O)[C@H](O)[C@H]2O)[C@@H]1O[C@@H]1O[C@@H](C)[C@@H](OCc2ccccc2)[C@@H](OCc2ccccc2)[C@@H]1OCc1ccccc1. The zero-order chi connectivity index (χ0) is 54.1. The zero-order valence-corrected chi connectivity index (χ0v) is 43.9. The molecular weight excluding hydrogens is 999 g/mol. The number of hydrogen-bond donors (Lipinski definition) is 4. The van der Waals surface area contributed by atoms with Crippen LogP contribution in [0.1, 0.15) is 47.2 Å². The van der Waals surface area contributed by atoms with E-state index in [1.807, 2.05) is 189 Å². The highest BCUT2D eigenvalue weighted by Gasteiger charge is 2.56. The van der Waals surface area contributed by atoms with Crippen molar-refractivity contribution in [2.45, 2.75) is 146 Å². The number of aliphatic hydroxyl groups excluding tert-OH is 3. The van der Waals surface area contributed by atoms with Crippen molar-refractivity contribution in [2.75, 3.05) is 13.2 Å². The van der Waals surface area contributed by atoms with Crippen molar-refractivity contribution in [2.24, 2.45) is 0 Å². The molecule has 0 unspecified atom stereocenters. The normalized spacial score (nSPS) is 29.2. The molecule has 3 aliphatic rings. The molecule has 6 aromatic carbocycles. The molecule has 16 heteroatoms. The fourth-order valence-corrected chi connectivity index (χ4v) is 9.84.